The van der Waals surface area contributed by atoms with Crippen molar-refractivity contribution in [3.8, 4) is 0 Å². The summed E-state index contributed by atoms with van der Waals surface area (Å²) < 4.78 is 4.53. The smallest absolute Gasteiger partial charge is 0.450 e. The number of unbranched alkanes of at least 4 members (excludes halogenated alkanes) is 4. The summed E-state index contributed by atoms with van der Waals surface area (Å²) in [5.74, 6) is -1.13. The molecule has 1 aromatic carbocycles. The van der Waals surface area contributed by atoms with Gasteiger partial charge in [0.15, 0.2) is 0 Å². The fraction of sp³-hybridized carbons (Fsp3) is 0.676. The minimum atomic E-state index is -1.40. The summed E-state index contributed by atoms with van der Waals surface area (Å²) in [4.78, 5) is 72.9. The number of benzene rings is 1. The molecule has 0 spiro atoms. The summed E-state index contributed by atoms with van der Waals surface area (Å²) in [6.07, 6.45) is 7.54. The lowest BCUT2D eigenvalue weighted by Crippen LogP contribution is -2.54. The van der Waals surface area contributed by atoms with E-state index in [0.717, 1.165) is 25.7 Å². The Morgan fingerprint density at radius 3 is 1.96 bits per heavy atom. The molecule has 0 bridgehead atoms. The zero-order chi connectivity index (χ0) is 39.3. The third kappa shape index (κ3) is 24.2. The molecule has 0 saturated carbocycles. The Kier molecular flexibility index (Phi) is 27.3. The monoisotopic (exact) mass is 752 g/mol. The molecule has 0 aliphatic heterocycles. The number of primary amides is 1. The number of hydrogen-bond acceptors (Lipinski definition) is 8. The molecule has 8 N–H and O–H groups in total. The van der Waals surface area contributed by atoms with E-state index in [1.165, 1.54) is 19.3 Å². The van der Waals surface area contributed by atoms with Crippen LogP contribution in [0, 0.1) is 5.92 Å². The van der Waals surface area contributed by atoms with Gasteiger partial charge in [0.1, 0.15) is 18.7 Å². The van der Waals surface area contributed by atoms with Crippen molar-refractivity contribution in [2.45, 2.75) is 136 Å². The van der Waals surface area contributed by atoms with Crippen molar-refractivity contribution < 1.29 is 38.6 Å². The first kappa shape index (κ1) is 48.0. The fourth-order valence-corrected chi connectivity index (χ4v) is 5.79. The highest BCUT2D eigenvalue weighted by atomic mass is 32.2. The van der Waals surface area contributed by atoms with Crippen LogP contribution in [0.25, 0.3) is 0 Å². The van der Waals surface area contributed by atoms with E-state index in [-0.39, 0.29) is 43.7 Å². The first-order valence-electron chi connectivity index (χ1n) is 18.5. The number of amides is 6. The quantitative estimate of drug-likeness (QED) is 0.0482. The number of carbonyl (C=O) groups is 6. The summed E-state index contributed by atoms with van der Waals surface area (Å²) in [5, 5.41) is 22.8. The van der Waals surface area contributed by atoms with Crippen molar-refractivity contribution in [1.29, 1.82) is 0 Å². The SMILES string of the molecule is CCC(CC)SCC(=O)NCCCCCC(=O)NC(C(=O)NC(CCCNC(N)=O)C(=O)Nc1ccc(COC(=O)O)cc1)C(C)C.CCCCC. The molecule has 0 fully saturated rings. The van der Waals surface area contributed by atoms with Gasteiger partial charge in [-0.15, -0.1) is 11.8 Å². The summed E-state index contributed by atoms with van der Waals surface area (Å²) in [6.45, 7) is 12.8. The molecule has 296 valence electrons. The van der Waals surface area contributed by atoms with Gasteiger partial charge >= 0.3 is 12.2 Å². The van der Waals surface area contributed by atoms with E-state index >= 15 is 0 Å². The Morgan fingerprint density at radius 2 is 1.42 bits per heavy atom. The molecule has 0 heterocycles. The van der Waals surface area contributed by atoms with Crippen LogP contribution in [0.2, 0.25) is 0 Å². The van der Waals surface area contributed by atoms with Crippen LogP contribution < -0.4 is 32.3 Å². The zero-order valence-corrected chi connectivity index (χ0v) is 32.8. The van der Waals surface area contributed by atoms with Gasteiger partial charge in [0, 0.05) is 30.4 Å². The van der Waals surface area contributed by atoms with E-state index < -0.39 is 36.1 Å². The number of anilines is 1. The lowest BCUT2D eigenvalue weighted by atomic mass is 10.0. The Balaban J connectivity index is 0.00000484. The molecule has 0 radical (unpaired) electrons. The number of urea groups is 1. The fourth-order valence-electron chi connectivity index (χ4n) is 4.83. The molecule has 2 atom stereocenters. The van der Waals surface area contributed by atoms with Gasteiger partial charge in [-0.2, -0.15) is 0 Å². The number of ether oxygens (including phenoxy) is 1. The normalized spacial score (nSPS) is 11.8. The van der Waals surface area contributed by atoms with E-state index in [0.29, 0.717) is 41.6 Å². The number of hydrogen-bond donors (Lipinski definition) is 7. The molecule has 6 amide bonds. The standard InChI is InChI=1S/C32H52N6O8S.C5H12/c1-5-24(6-2)47-20-27(40)34-17-9-7-8-12-26(39)38-28(21(3)4)30(42)37-25(11-10-18-35-31(33)43)29(41)36-23-15-13-22(14-16-23)19-46-32(44)45;1-3-5-4-2/h13-16,21,24-25,28H,5-12,17-20H2,1-4H3,(H,34,40)(H,36,41)(H,37,42)(H,38,39)(H,44,45)(H3,33,35,43);3-5H2,1-2H3. The Bertz CT molecular complexity index is 1200. The minimum absolute atomic E-state index is 0.0162. The molecule has 0 aliphatic carbocycles. The Hall–Kier alpha value is -4.01. The van der Waals surface area contributed by atoms with Gasteiger partial charge in [-0.1, -0.05) is 79.4 Å². The van der Waals surface area contributed by atoms with Crippen LogP contribution in [-0.4, -0.2) is 77.1 Å². The predicted molar refractivity (Wildman–Crippen MR) is 207 cm³/mol. The second kappa shape index (κ2) is 29.6. The highest BCUT2D eigenvalue weighted by Gasteiger charge is 2.28. The van der Waals surface area contributed by atoms with E-state index in [2.05, 4.69) is 59.0 Å². The topological polar surface area (TPSA) is 218 Å². The van der Waals surface area contributed by atoms with Crippen molar-refractivity contribution in [3.05, 3.63) is 29.8 Å². The first-order chi connectivity index (χ1) is 24.8. The van der Waals surface area contributed by atoms with Gasteiger partial charge < -0.3 is 42.2 Å². The number of rotatable bonds is 25. The van der Waals surface area contributed by atoms with Gasteiger partial charge in [0.05, 0.1) is 5.75 Å². The average molecular weight is 753 g/mol. The van der Waals surface area contributed by atoms with E-state index in [1.807, 2.05) is 0 Å². The van der Waals surface area contributed by atoms with E-state index in [9.17, 15) is 28.8 Å². The van der Waals surface area contributed by atoms with Crippen LogP contribution in [0.3, 0.4) is 0 Å². The van der Waals surface area contributed by atoms with Crippen molar-refractivity contribution >= 4 is 53.3 Å². The maximum absolute atomic E-state index is 13.3. The summed E-state index contributed by atoms with van der Waals surface area (Å²) >= 11 is 1.67. The highest BCUT2D eigenvalue weighted by Crippen LogP contribution is 2.17. The average Bonchev–Trinajstić information content (AvgIpc) is 3.10. The lowest BCUT2D eigenvalue weighted by molar-refractivity contribution is -0.132. The minimum Gasteiger partial charge on any atom is -0.450 e. The third-order valence-corrected chi connectivity index (χ3v) is 9.49. The molecule has 52 heavy (non-hydrogen) atoms. The second-order valence-corrected chi connectivity index (χ2v) is 14.1. The zero-order valence-electron chi connectivity index (χ0n) is 32.0. The van der Waals surface area contributed by atoms with Crippen molar-refractivity contribution in [2.75, 3.05) is 24.2 Å². The molecule has 0 aliphatic rings. The lowest BCUT2D eigenvalue weighted by Gasteiger charge is -2.25. The maximum atomic E-state index is 13.3. The molecule has 1 aromatic rings. The molecule has 2 unspecified atom stereocenters. The van der Waals surface area contributed by atoms with Gasteiger partial charge in [-0.25, -0.2) is 9.59 Å². The van der Waals surface area contributed by atoms with Crippen LogP contribution in [-0.2, 0) is 30.5 Å². The Morgan fingerprint density at radius 1 is 0.788 bits per heavy atom. The number of nitrogens with one attached hydrogen (secondary N) is 5. The molecule has 1 rings (SSSR count). The van der Waals surface area contributed by atoms with Gasteiger partial charge in [-0.3, -0.25) is 19.2 Å². The largest absolute Gasteiger partial charge is 0.506 e. The van der Waals surface area contributed by atoms with Crippen LogP contribution in [0.15, 0.2) is 24.3 Å². The summed E-state index contributed by atoms with van der Waals surface area (Å²) in [7, 11) is 0. The van der Waals surface area contributed by atoms with Crippen LogP contribution in [0.1, 0.15) is 118 Å². The molecule has 0 aromatic heterocycles. The molecule has 14 nitrogen and oxygen atoms in total. The molecular weight excluding hydrogens is 689 g/mol. The highest BCUT2D eigenvalue weighted by molar-refractivity contribution is 8.00. The first-order valence-corrected chi connectivity index (χ1v) is 19.6. The predicted octanol–water partition coefficient (Wildman–Crippen LogP) is 5.69. The number of carbonyl (C=O) groups excluding carboxylic acids is 5. The third-order valence-electron chi connectivity index (χ3n) is 7.92. The molecule has 0 saturated heterocycles. The summed E-state index contributed by atoms with van der Waals surface area (Å²) in [6, 6.07) is 3.75. The molecular formula is C37H64N6O8S. The van der Waals surface area contributed by atoms with Crippen LogP contribution in [0.4, 0.5) is 15.3 Å². The number of carboxylic acid groups (broad SMARTS) is 1. The maximum Gasteiger partial charge on any atom is 0.506 e. The Labute approximate surface area is 314 Å². The van der Waals surface area contributed by atoms with Gasteiger partial charge in [0.2, 0.25) is 23.6 Å². The van der Waals surface area contributed by atoms with Gasteiger partial charge in [-0.05, 0) is 62.1 Å². The van der Waals surface area contributed by atoms with Crippen molar-refractivity contribution in [2.24, 2.45) is 11.7 Å². The van der Waals surface area contributed by atoms with Gasteiger partial charge in [0.25, 0.3) is 0 Å². The number of nitrogens with two attached hydrogens (primary N) is 1. The van der Waals surface area contributed by atoms with Crippen molar-refractivity contribution in [1.82, 2.24) is 21.3 Å². The second-order valence-electron chi connectivity index (χ2n) is 12.8. The number of thioether (sulfide) groups is 1. The van der Waals surface area contributed by atoms with E-state index in [4.69, 9.17) is 10.8 Å². The van der Waals surface area contributed by atoms with Crippen LogP contribution in [0.5, 0.6) is 0 Å². The summed E-state index contributed by atoms with van der Waals surface area (Å²) in [5.41, 5.74) is 6.12. The van der Waals surface area contributed by atoms with E-state index in [1.54, 1.807) is 49.9 Å². The van der Waals surface area contributed by atoms with Crippen molar-refractivity contribution in [3.63, 3.8) is 0 Å². The molecule has 15 heteroatoms. The van der Waals surface area contributed by atoms with Crippen LogP contribution >= 0.6 is 11.8 Å².